The van der Waals surface area contributed by atoms with E-state index in [1.54, 1.807) is 30.3 Å². The largest absolute Gasteiger partial charge is 0.422 e. The van der Waals surface area contributed by atoms with Crippen LogP contribution in [0, 0.1) is 0 Å². The predicted molar refractivity (Wildman–Crippen MR) is 104 cm³/mol. The lowest BCUT2D eigenvalue weighted by atomic mass is 10.1. The van der Waals surface area contributed by atoms with Gasteiger partial charge >= 0.3 is 5.63 Å². The van der Waals surface area contributed by atoms with Crippen molar-refractivity contribution in [3.05, 3.63) is 73.6 Å². The Morgan fingerprint density at radius 2 is 1.93 bits per heavy atom. The maximum Gasteiger partial charge on any atom is 0.347 e. The van der Waals surface area contributed by atoms with Crippen LogP contribution in [0.1, 0.15) is 15.2 Å². The number of fused-ring (bicyclic) bond motifs is 1. The van der Waals surface area contributed by atoms with Crippen molar-refractivity contribution in [2.75, 3.05) is 6.54 Å². The van der Waals surface area contributed by atoms with Gasteiger partial charge in [0.25, 0.3) is 11.1 Å². The van der Waals surface area contributed by atoms with Gasteiger partial charge in [0.05, 0.1) is 11.4 Å². The van der Waals surface area contributed by atoms with Crippen LogP contribution in [-0.2, 0) is 4.79 Å². The van der Waals surface area contributed by atoms with E-state index in [2.05, 4.69) is 0 Å². The molecular formula is C19H11NO5S2. The van der Waals surface area contributed by atoms with Gasteiger partial charge in [-0.25, -0.2) is 4.79 Å². The van der Waals surface area contributed by atoms with Crippen LogP contribution in [0.5, 0.6) is 0 Å². The van der Waals surface area contributed by atoms with E-state index in [9.17, 15) is 19.2 Å². The fourth-order valence-corrected chi connectivity index (χ4v) is 4.19. The van der Waals surface area contributed by atoms with E-state index < -0.39 is 29.1 Å². The lowest BCUT2D eigenvalue weighted by molar-refractivity contribution is -0.122. The van der Waals surface area contributed by atoms with Crippen molar-refractivity contribution >= 4 is 57.1 Å². The SMILES string of the molecule is O=C(CN1C(=O)S/C(=C\c2cccs2)C1=O)c1cc2ccccc2oc1=O. The van der Waals surface area contributed by atoms with E-state index >= 15 is 0 Å². The van der Waals surface area contributed by atoms with Gasteiger partial charge in [-0.05, 0) is 41.4 Å². The molecule has 2 aromatic heterocycles. The van der Waals surface area contributed by atoms with Crippen LogP contribution in [0.4, 0.5) is 4.79 Å². The third kappa shape index (κ3) is 3.36. The van der Waals surface area contributed by atoms with E-state index in [1.807, 2.05) is 17.5 Å². The molecule has 27 heavy (non-hydrogen) atoms. The minimum absolute atomic E-state index is 0.185. The summed E-state index contributed by atoms with van der Waals surface area (Å²) < 4.78 is 5.14. The van der Waals surface area contributed by atoms with Gasteiger partial charge < -0.3 is 4.42 Å². The average molecular weight is 397 g/mol. The number of carbonyl (C=O) groups excluding carboxylic acids is 3. The molecule has 0 aliphatic carbocycles. The highest BCUT2D eigenvalue weighted by Gasteiger charge is 2.37. The molecular weight excluding hydrogens is 386 g/mol. The van der Waals surface area contributed by atoms with Crippen molar-refractivity contribution < 1.29 is 18.8 Å². The number of amides is 2. The minimum Gasteiger partial charge on any atom is -0.422 e. The normalized spacial score (nSPS) is 15.9. The fourth-order valence-electron chi connectivity index (χ4n) is 2.62. The van der Waals surface area contributed by atoms with Crippen LogP contribution in [-0.4, -0.2) is 28.4 Å². The van der Waals surface area contributed by atoms with Crippen LogP contribution in [0.15, 0.2) is 62.0 Å². The second-order valence-corrected chi connectivity index (χ2v) is 7.66. The van der Waals surface area contributed by atoms with Crippen LogP contribution in [0.3, 0.4) is 0 Å². The van der Waals surface area contributed by atoms with Gasteiger partial charge in [0.1, 0.15) is 11.1 Å². The molecule has 0 bridgehead atoms. The molecule has 1 saturated heterocycles. The smallest absolute Gasteiger partial charge is 0.347 e. The molecule has 0 N–H and O–H groups in total. The molecule has 1 aliphatic heterocycles. The number of nitrogens with zero attached hydrogens (tertiary/aromatic N) is 1. The maximum absolute atomic E-state index is 12.5. The number of hydrogen-bond acceptors (Lipinski definition) is 7. The number of rotatable bonds is 4. The lowest BCUT2D eigenvalue weighted by Crippen LogP contribution is -2.35. The van der Waals surface area contributed by atoms with Gasteiger partial charge in [-0.15, -0.1) is 11.3 Å². The van der Waals surface area contributed by atoms with Gasteiger partial charge in [0, 0.05) is 10.3 Å². The summed E-state index contributed by atoms with van der Waals surface area (Å²) in [5, 5.41) is 1.91. The molecule has 1 fully saturated rings. The maximum atomic E-state index is 12.5. The minimum atomic E-state index is -0.792. The molecule has 1 aromatic carbocycles. The zero-order valence-corrected chi connectivity index (χ0v) is 15.3. The number of para-hydroxylation sites is 1. The van der Waals surface area contributed by atoms with Crippen molar-refractivity contribution in [1.82, 2.24) is 4.90 Å². The molecule has 0 atom stereocenters. The number of ketones is 1. The first-order chi connectivity index (χ1) is 13.0. The summed E-state index contributed by atoms with van der Waals surface area (Å²) in [6, 6.07) is 11.9. The van der Waals surface area contributed by atoms with Crippen molar-refractivity contribution in [3.63, 3.8) is 0 Å². The van der Waals surface area contributed by atoms with Gasteiger partial charge in [0.15, 0.2) is 5.78 Å². The highest BCUT2D eigenvalue weighted by Crippen LogP contribution is 2.33. The molecule has 3 heterocycles. The molecule has 4 rings (SSSR count). The van der Waals surface area contributed by atoms with Gasteiger partial charge in [-0.3, -0.25) is 19.3 Å². The zero-order valence-electron chi connectivity index (χ0n) is 13.7. The highest BCUT2D eigenvalue weighted by atomic mass is 32.2. The second-order valence-electron chi connectivity index (χ2n) is 5.69. The molecule has 2 amide bonds. The Morgan fingerprint density at radius 1 is 1.11 bits per heavy atom. The van der Waals surface area contributed by atoms with E-state index in [0.717, 1.165) is 21.5 Å². The third-order valence-corrected chi connectivity index (χ3v) is 5.66. The number of thioether (sulfide) groups is 1. The van der Waals surface area contributed by atoms with Crippen molar-refractivity contribution in [2.24, 2.45) is 0 Å². The topological polar surface area (TPSA) is 84.7 Å². The predicted octanol–water partition coefficient (Wildman–Crippen LogP) is 3.77. The third-order valence-electron chi connectivity index (χ3n) is 3.93. The monoisotopic (exact) mass is 397 g/mol. The Kier molecular flexibility index (Phi) is 4.51. The summed E-state index contributed by atoms with van der Waals surface area (Å²) in [5.41, 5.74) is -0.612. The molecule has 8 heteroatoms. The molecule has 1 aliphatic rings. The number of imide groups is 1. The first-order valence-corrected chi connectivity index (χ1v) is 9.57. The lowest BCUT2D eigenvalue weighted by Gasteiger charge is -2.11. The number of Topliss-reactive ketones (excluding diaryl/α,β-unsaturated/α-hetero) is 1. The van der Waals surface area contributed by atoms with E-state index in [1.165, 1.54) is 17.4 Å². The number of hydrogen-bond donors (Lipinski definition) is 0. The molecule has 134 valence electrons. The van der Waals surface area contributed by atoms with Crippen LogP contribution >= 0.6 is 23.1 Å². The standard InChI is InChI=1S/C19H11NO5S2/c21-14(13-8-11-4-1-2-6-15(11)25-18(13)23)10-20-17(22)16(27-19(20)24)9-12-5-3-7-26-12/h1-9H,10H2/b16-9-. The number of benzene rings is 1. The van der Waals surface area contributed by atoms with Gasteiger partial charge in [-0.2, -0.15) is 0 Å². The van der Waals surface area contributed by atoms with Crippen molar-refractivity contribution in [3.8, 4) is 0 Å². The van der Waals surface area contributed by atoms with E-state index in [0.29, 0.717) is 11.0 Å². The Hall–Kier alpha value is -2.97. The number of thiophene rings is 1. The molecule has 3 aromatic rings. The average Bonchev–Trinajstić information content (AvgIpc) is 3.25. The summed E-state index contributed by atoms with van der Waals surface area (Å²) in [4.78, 5) is 51.2. The number of carbonyl (C=O) groups is 3. The summed E-state index contributed by atoms with van der Waals surface area (Å²) in [7, 11) is 0. The van der Waals surface area contributed by atoms with Gasteiger partial charge in [-0.1, -0.05) is 24.3 Å². The van der Waals surface area contributed by atoms with E-state index in [-0.39, 0.29) is 10.5 Å². The summed E-state index contributed by atoms with van der Waals surface area (Å²) >= 11 is 2.21. The van der Waals surface area contributed by atoms with Crippen LogP contribution in [0.25, 0.3) is 17.0 Å². The Balaban J connectivity index is 1.60. The summed E-state index contributed by atoms with van der Waals surface area (Å²) in [5.74, 6) is -1.19. The fraction of sp³-hybridized carbons (Fsp3) is 0.0526. The Morgan fingerprint density at radius 3 is 2.70 bits per heavy atom. The quantitative estimate of drug-likeness (QED) is 0.378. The molecule has 6 nitrogen and oxygen atoms in total. The highest BCUT2D eigenvalue weighted by molar-refractivity contribution is 8.18. The van der Waals surface area contributed by atoms with Crippen LogP contribution in [0.2, 0.25) is 0 Å². The first kappa shape index (κ1) is 17.4. The van der Waals surface area contributed by atoms with Crippen molar-refractivity contribution in [2.45, 2.75) is 0 Å². The summed E-state index contributed by atoms with van der Waals surface area (Å²) in [6.45, 7) is -0.504. The molecule has 0 saturated carbocycles. The second kappa shape index (κ2) is 6.98. The van der Waals surface area contributed by atoms with E-state index in [4.69, 9.17) is 4.42 Å². The first-order valence-electron chi connectivity index (χ1n) is 7.88. The zero-order chi connectivity index (χ0) is 19.0. The Bertz CT molecular complexity index is 1160. The summed E-state index contributed by atoms with van der Waals surface area (Å²) in [6.07, 6.45) is 1.62. The van der Waals surface area contributed by atoms with Crippen LogP contribution < -0.4 is 5.63 Å². The van der Waals surface area contributed by atoms with Gasteiger partial charge in [0.2, 0.25) is 0 Å². The van der Waals surface area contributed by atoms with Crippen molar-refractivity contribution in [1.29, 1.82) is 0 Å². The molecule has 0 unspecified atom stereocenters. The molecule has 0 spiro atoms. The molecule has 0 radical (unpaired) electrons. The Labute approximate surface area is 161 Å².